The molecule has 4 nitrogen and oxygen atoms in total. The summed E-state index contributed by atoms with van der Waals surface area (Å²) in [7, 11) is 0. The van der Waals surface area contributed by atoms with E-state index in [0.29, 0.717) is 23.5 Å². The Morgan fingerprint density at radius 3 is 2.06 bits per heavy atom. The van der Waals surface area contributed by atoms with Crippen LogP contribution in [0.5, 0.6) is 5.75 Å². The van der Waals surface area contributed by atoms with Crippen LogP contribution in [-0.4, -0.2) is 18.5 Å². The average molecular weight is 499 g/mol. The van der Waals surface area contributed by atoms with Gasteiger partial charge in [-0.15, -0.1) is 11.3 Å². The van der Waals surface area contributed by atoms with Gasteiger partial charge in [0.05, 0.1) is 6.61 Å². The van der Waals surface area contributed by atoms with Gasteiger partial charge >= 0.3 is 11.9 Å². The number of ether oxygens (including phenoxy) is 2. The van der Waals surface area contributed by atoms with E-state index in [4.69, 9.17) is 9.47 Å². The highest BCUT2D eigenvalue weighted by molar-refractivity contribution is 7.26. The molecule has 36 heavy (non-hydrogen) atoms. The summed E-state index contributed by atoms with van der Waals surface area (Å²) in [6, 6.07) is 16.8. The summed E-state index contributed by atoms with van der Waals surface area (Å²) in [5.74, 6) is -0.171. The molecule has 0 aliphatic carbocycles. The van der Waals surface area contributed by atoms with Gasteiger partial charge < -0.3 is 9.47 Å². The van der Waals surface area contributed by atoms with Crippen molar-refractivity contribution in [2.75, 3.05) is 6.61 Å². The van der Waals surface area contributed by atoms with Gasteiger partial charge in [0.1, 0.15) is 5.75 Å². The monoisotopic (exact) mass is 498 g/mol. The molecule has 0 saturated carbocycles. The predicted molar refractivity (Wildman–Crippen MR) is 149 cm³/mol. The number of carbonyl (C=O) groups excluding carboxylic acids is 2. The molecule has 5 heteroatoms. The van der Waals surface area contributed by atoms with Gasteiger partial charge in [-0.25, -0.2) is 9.59 Å². The van der Waals surface area contributed by atoms with Crippen LogP contribution in [0.4, 0.5) is 0 Å². The molecule has 0 unspecified atom stereocenters. The Morgan fingerprint density at radius 1 is 0.806 bits per heavy atom. The van der Waals surface area contributed by atoms with E-state index in [0.717, 1.165) is 28.7 Å². The van der Waals surface area contributed by atoms with Gasteiger partial charge in [-0.1, -0.05) is 49.6 Å². The largest absolute Gasteiger partial charge is 0.462 e. The highest BCUT2D eigenvalue weighted by Crippen LogP contribution is 2.42. The first-order valence-electron chi connectivity index (χ1n) is 11.9. The highest BCUT2D eigenvalue weighted by atomic mass is 32.1. The van der Waals surface area contributed by atoms with E-state index in [9.17, 15) is 9.59 Å². The summed E-state index contributed by atoms with van der Waals surface area (Å²) in [5.41, 5.74) is 6.56. The zero-order valence-corrected chi connectivity index (χ0v) is 22.0. The number of esters is 2. The summed E-state index contributed by atoms with van der Waals surface area (Å²) in [6.45, 7) is 15.1. The van der Waals surface area contributed by atoms with Gasteiger partial charge in [0.15, 0.2) is 0 Å². The number of benzene rings is 3. The van der Waals surface area contributed by atoms with Crippen LogP contribution in [0.3, 0.4) is 0 Å². The van der Waals surface area contributed by atoms with E-state index in [-0.39, 0.29) is 5.97 Å². The molecular weight excluding hydrogens is 468 g/mol. The fourth-order valence-electron chi connectivity index (χ4n) is 4.18. The molecule has 4 rings (SSSR count). The van der Waals surface area contributed by atoms with Crippen LogP contribution in [0.2, 0.25) is 0 Å². The molecule has 0 amide bonds. The lowest BCUT2D eigenvalue weighted by Crippen LogP contribution is -2.08. The smallest absolute Gasteiger partial charge is 0.338 e. The molecule has 0 bridgehead atoms. The maximum Gasteiger partial charge on any atom is 0.338 e. The van der Waals surface area contributed by atoms with Gasteiger partial charge in [-0.2, -0.15) is 0 Å². The molecule has 0 fully saturated rings. The molecule has 0 atom stereocenters. The van der Waals surface area contributed by atoms with Gasteiger partial charge in [-0.05, 0) is 74.9 Å². The first-order chi connectivity index (χ1) is 17.2. The minimum absolute atomic E-state index is 0.336. The Balaban J connectivity index is 1.57. The number of fused-ring (bicyclic) bond motifs is 3. The van der Waals surface area contributed by atoms with Crippen LogP contribution in [0.1, 0.15) is 37.0 Å². The maximum absolute atomic E-state index is 12.0. The first-order valence-corrected chi connectivity index (χ1v) is 12.7. The Hall–Kier alpha value is -3.70. The van der Waals surface area contributed by atoms with Crippen molar-refractivity contribution < 1.29 is 19.1 Å². The van der Waals surface area contributed by atoms with Crippen LogP contribution >= 0.6 is 11.3 Å². The van der Waals surface area contributed by atoms with Crippen molar-refractivity contribution in [2.45, 2.75) is 40.5 Å². The molecule has 0 spiro atoms. The van der Waals surface area contributed by atoms with E-state index in [2.05, 4.69) is 56.5 Å². The third-order valence-electron chi connectivity index (χ3n) is 6.26. The Bertz CT molecular complexity index is 1510. The van der Waals surface area contributed by atoms with Gasteiger partial charge in [0.25, 0.3) is 0 Å². The number of aryl methyl sites for hydroxylation is 3. The Labute approximate surface area is 215 Å². The Morgan fingerprint density at radius 2 is 1.42 bits per heavy atom. The van der Waals surface area contributed by atoms with E-state index in [1.54, 1.807) is 25.2 Å². The summed E-state index contributed by atoms with van der Waals surface area (Å²) >= 11 is 1.73. The van der Waals surface area contributed by atoms with Crippen molar-refractivity contribution in [2.24, 2.45) is 0 Å². The molecule has 3 aromatic carbocycles. The van der Waals surface area contributed by atoms with Crippen molar-refractivity contribution in [3.8, 4) is 16.9 Å². The van der Waals surface area contributed by atoms with Crippen molar-refractivity contribution >= 4 is 43.4 Å². The lowest BCUT2D eigenvalue weighted by Gasteiger charge is -2.09. The zero-order valence-electron chi connectivity index (χ0n) is 21.2. The van der Waals surface area contributed by atoms with Gasteiger partial charge in [0, 0.05) is 36.9 Å². The van der Waals surface area contributed by atoms with Gasteiger partial charge in [0.2, 0.25) is 0 Å². The van der Waals surface area contributed by atoms with Crippen molar-refractivity contribution in [3.05, 3.63) is 89.5 Å². The minimum atomic E-state index is -0.409. The summed E-state index contributed by atoms with van der Waals surface area (Å²) in [4.78, 5) is 23.5. The first kappa shape index (κ1) is 25.4. The van der Waals surface area contributed by atoms with Crippen LogP contribution in [0.15, 0.2) is 72.8 Å². The quantitative estimate of drug-likeness (QED) is 0.107. The molecule has 0 aliphatic rings. The van der Waals surface area contributed by atoms with Crippen molar-refractivity contribution in [1.29, 1.82) is 0 Å². The maximum atomic E-state index is 12.0. The standard InChI is InChI=1S/C31H30O4S/c1-18(2)30(32)34-17-7-8-22-9-11-23(12-10-22)24-13-14-25-26-15-16-27(35-31(33)19(3)4)21(6)29(26)36-28(25)20(24)5/h9-16H,1,3,7-8,17H2,2,4-6H3. The molecule has 184 valence electrons. The molecule has 0 saturated heterocycles. The molecule has 4 aromatic rings. The second-order valence-electron chi connectivity index (χ2n) is 9.17. The Kier molecular flexibility index (Phi) is 7.41. The van der Waals surface area contributed by atoms with Crippen molar-refractivity contribution in [3.63, 3.8) is 0 Å². The van der Waals surface area contributed by atoms with E-state index in [1.807, 2.05) is 19.1 Å². The van der Waals surface area contributed by atoms with Gasteiger partial charge in [-0.3, -0.25) is 0 Å². The lowest BCUT2D eigenvalue weighted by molar-refractivity contribution is -0.139. The summed E-state index contributed by atoms with van der Waals surface area (Å²) in [6.07, 6.45) is 1.61. The predicted octanol–water partition coefficient (Wildman–Crippen LogP) is 7.87. The van der Waals surface area contributed by atoms with Crippen molar-refractivity contribution in [1.82, 2.24) is 0 Å². The molecule has 1 heterocycles. The molecule has 0 radical (unpaired) electrons. The van der Waals surface area contributed by atoms with Crippen LogP contribution in [0.25, 0.3) is 31.3 Å². The molecular formula is C31H30O4S. The number of carbonyl (C=O) groups is 2. The third kappa shape index (κ3) is 5.12. The van der Waals surface area contributed by atoms with E-state index >= 15 is 0 Å². The number of hydrogen-bond donors (Lipinski definition) is 0. The highest BCUT2D eigenvalue weighted by Gasteiger charge is 2.16. The summed E-state index contributed by atoms with van der Waals surface area (Å²) < 4.78 is 13.1. The van der Waals surface area contributed by atoms with E-state index < -0.39 is 5.97 Å². The SMILES string of the molecule is C=C(C)C(=O)OCCCc1ccc(-c2ccc3c(sc4c(C)c(OC(=O)C(=C)C)ccc43)c2C)cc1. The molecule has 1 aromatic heterocycles. The zero-order chi connectivity index (χ0) is 26.0. The van der Waals surface area contributed by atoms with Crippen LogP contribution in [-0.2, 0) is 20.7 Å². The number of thiophene rings is 1. The number of rotatable bonds is 8. The lowest BCUT2D eigenvalue weighted by atomic mass is 9.96. The van der Waals surface area contributed by atoms with Crippen LogP contribution < -0.4 is 4.74 Å². The second kappa shape index (κ2) is 10.5. The summed E-state index contributed by atoms with van der Waals surface area (Å²) in [5, 5.41) is 2.37. The topological polar surface area (TPSA) is 52.6 Å². The minimum Gasteiger partial charge on any atom is -0.462 e. The second-order valence-corrected chi connectivity index (χ2v) is 10.2. The average Bonchev–Trinajstić information content (AvgIpc) is 3.24. The number of hydrogen-bond acceptors (Lipinski definition) is 5. The molecule has 0 aliphatic heterocycles. The fourth-order valence-corrected chi connectivity index (χ4v) is 5.48. The fraction of sp³-hybridized carbons (Fsp3) is 0.226. The normalized spacial score (nSPS) is 11.0. The van der Waals surface area contributed by atoms with Crippen LogP contribution in [0, 0.1) is 13.8 Å². The molecule has 0 N–H and O–H groups in total. The third-order valence-corrected chi connectivity index (χ3v) is 7.72. The van der Waals surface area contributed by atoms with E-state index in [1.165, 1.54) is 32.2 Å².